The van der Waals surface area contributed by atoms with Crippen LogP contribution in [0.2, 0.25) is 10.0 Å². The van der Waals surface area contributed by atoms with E-state index < -0.39 is 0 Å². The topological polar surface area (TPSA) is 65.5 Å². The Labute approximate surface area is 117 Å². The molecule has 0 atom stereocenters. The number of halogens is 2. The average molecular weight is 287 g/mol. The standard InChI is InChI=1S/C12H16Cl2N4/c1-2-3-7-18(12(15)16)17-8-9-10(13)5-4-6-11(9)14/h4-6,8H,2-3,7H2,1H3,(H3,15,16)/b17-8+. The number of unbranched alkanes of at least 4 members (excludes halogenated alkanes) is 1. The van der Waals surface area contributed by atoms with Gasteiger partial charge in [-0.2, -0.15) is 5.10 Å². The van der Waals surface area contributed by atoms with Crippen LogP contribution in [0, 0.1) is 5.41 Å². The SMILES string of the molecule is CCCCN(/N=C/c1c(Cl)cccc1Cl)C(=N)N. The summed E-state index contributed by atoms with van der Waals surface area (Å²) in [6, 6.07) is 5.24. The number of hydrogen-bond acceptors (Lipinski definition) is 2. The minimum Gasteiger partial charge on any atom is -0.369 e. The van der Waals surface area contributed by atoms with Crippen molar-refractivity contribution in [3.05, 3.63) is 33.8 Å². The predicted molar refractivity (Wildman–Crippen MR) is 77.6 cm³/mol. The van der Waals surface area contributed by atoms with Gasteiger partial charge in [0, 0.05) is 12.1 Å². The monoisotopic (exact) mass is 286 g/mol. The third kappa shape index (κ3) is 4.20. The highest BCUT2D eigenvalue weighted by Gasteiger charge is 2.05. The maximum absolute atomic E-state index is 7.43. The number of nitrogens with two attached hydrogens (primary N) is 1. The molecule has 98 valence electrons. The van der Waals surface area contributed by atoms with Crippen LogP contribution in [0.25, 0.3) is 0 Å². The molecule has 4 nitrogen and oxygen atoms in total. The molecule has 1 aromatic rings. The molecule has 0 unspecified atom stereocenters. The number of hydrazone groups is 1. The molecule has 0 fully saturated rings. The summed E-state index contributed by atoms with van der Waals surface area (Å²) in [5.74, 6) is -0.0946. The van der Waals surface area contributed by atoms with E-state index in [1.54, 1.807) is 18.2 Å². The van der Waals surface area contributed by atoms with Crippen molar-refractivity contribution in [3.63, 3.8) is 0 Å². The highest BCUT2D eigenvalue weighted by atomic mass is 35.5. The van der Waals surface area contributed by atoms with Crippen LogP contribution in [-0.4, -0.2) is 23.7 Å². The zero-order valence-electron chi connectivity index (χ0n) is 10.2. The summed E-state index contributed by atoms with van der Waals surface area (Å²) >= 11 is 12.0. The Hall–Kier alpha value is -1.26. The average Bonchev–Trinajstić information content (AvgIpc) is 2.31. The molecule has 0 aliphatic heterocycles. The van der Waals surface area contributed by atoms with Crippen molar-refractivity contribution in [1.82, 2.24) is 5.01 Å². The van der Waals surface area contributed by atoms with Crippen LogP contribution in [0.5, 0.6) is 0 Å². The van der Waals surface area contributed by atoms with Crippen LogP contribution in [0.3, 0.4) is 0 Å². The van der Waals surface area contributed by atoms with E-state index in [2.05, 4.69) is 12.0 Å². The minimum atomic E-state index is -0.0946. The Morgan fingerprint density at radius 2 is 2.06 bits per heavy atom. The van der Waals surface area contributed by atoms with Crippen LogP contribution in [0.4, 0.5) is 0 Å². The molecule has 0 bridgehead atoms. The fourth-order valence-electron chi connectivity index (χ4n) is 1.31. The van der Waals surface area contributed by atoms with E-state index in [0.29, 0.717) is 22.2 Å². The zero-order chi connectivity index (χ0) is 13.5. The summed E-state index contributed by atoms with van der Waals surface area (Å²) < 4.78 is 0. The quantitative estimate of drug-likeness (QED) is 0.495. The fourth-order valence-corrected chi connectivity index (χ4v) is 1.80. The van der Waals surface area contributed by atoms with Crippen molar-refractivity contribution in [1.29, 1.82) is 5.41 Å². The Balaban J connectivity index is 2.85. The first kappa shape index (κ1) is 14.8. The Morgan fingerprint density at radius 1 is 1.44 bits per heavy atom. The highest BCUT2D eigenvalue weighted by Crippen LogP contribution is 2.22. The highest BCUT2D eigenvalue weighted by molar-refractivity contribution is 6.38. The second-order valence-corrected chi connectivity index (χ2v) is 4.56. The molecule has 1 rings (SSSR count). The van der Waals surface area contributed by atoms with Gasteiger partial charge in [-0.3, -0.25) is 5.41 Å². The first-order valence-electron chi connectivity index (χ1n) is 5.65. The molecule has 3 N–H and O–H groups in total. The smallest absolute Gasteiger partial charge is 0.209 e. The number of guanidine groups is 1. The molecule has 1 aromatic carbocycles. The molecule has 0 saturated heterocycles. The fraction of sp³-hybridized carbons (Fsp3) is 0.333. The molecule has 0 radical (unpaired) electrons. The maximum Gasteiger partial charge on any atom is 0.209 e. The van der Waals surface area contributed by atoms with Crippen molar-refractivity contribution in [2.45, 2.75) is 19.8 Å². The van der Waals surface area contributed by atoms with Gasteiger partial charge in [0.2, 0.25) is 5.96 Å². The number of rotatable bonds is 5. The minimum absolute atomic E-state index is 0.0946. The van der Waals surface area contributed by atoms with Crippen molar-refractivity contribution in [2.24, 2.45) is 10.8 Å². The number of benzene rings is 1. The first-order chi connectivity index (χ1) is 8.56. The Kier molecular flexibility index (Phi) is 5.95. The van der Waals surface area contributed by atoms with E-state index in [4.69, 9.17) is 34.3 Å². The van der Waals surface area contributed by atoms with Crippen LogP contribution >= 0.6 is 23.2 Å². The maximum atomic E-state index is 7.43. The van der Waals surface area contributed by atoms with Crippen LogP contribution in [0.1, 0.15) is 25.3 Å². The third-order valence-corrected chi connectivity index (χ3v) is 2.99. The van der Waals surface area contributed by atoms with Crippen molar-refractivity contribution >= 4 is 35.4 Å². The van der Waals surface area contributed by atoms with Gasteiger partial charge >= 0.3 is 0 Å². The van der Waals surface area contributed by atoms with Gasteiger partial charge in [0.25, 0.3) is 0 Å². The summed E-state index contributed by atoms with van der Waals surface area (Å²) in [5, 5.41) is 14.0. The molecule has 0 saturated carbocycles. The van der Waals surface area contributed by atoms with Crippen LogP contribution in [-0.2, 0) is 0 Å². The van der Waals surface area contributed by atoms with Gasteiger partial charge in [0.1, 0.15) is 0 Å². The largest absolute Gasteiger partial charge is 0.369 e. The lowest BCUT2D eigenvalue weighted by Crippen LogP contribution is -2.33. The molecular weight excluding hydrogens is 271 g/mol. The van der Waals surface area contributed by atoms with E-state index in [1.165, 1.54) is 11.2 Å². The predicted octanol–water partition coefficient (Wildman–Crippen LogP) is 3.32. The normalized spacial score (nSPS) is 10.8. The van der Waals surface area contributed by atoms with Crippen LogP contribution < -0.4 is 5.73 Å². The molecule has 0 aliphatic rings. The summed E-state index contributed by atoms with van der Waals surface area (Å²) in [7, 11) is 0. The summed E-state index contributed by atoms with van der Waals surface area (Å²) in [4.78, 5) is 0. The van der Waals surface area contributed by atoms with Gasteiger partial charge in [-0.05, 0) is 18.6 Å². The Morgan fingerprint density at radius 3 is 2.56 bits per heavy atom. The third-order valence-electron chi connectivity index (χ3n) is 2.33. The zero-order valence-corrected chi connectivity index (χ0v) is 11.7. The van der Waals surface area contributed by atoms with Crippen LogP contribution in [0.15, 0.2) is 23.3 Å². The van der Waals surface area contributed by atoms with Crippen molar-refractivity contribution in [2.75, 3.05) is 6.54 Å². The van der Waals surface area contributed by atoms with E-state index in [1.807, 2.05) is 0 Å². The lowest BCUT2D eigenvalue weighted by Gasteiger charge is -2.16. The van der Waals surface area contributed by atoms with Gasteiger partial charge < -0.3 is 5.73 Å². The number of hydrogen-bond donors (Lipinski definition) is 2. The Bertz CT molecular complexity index is 425. The summed E-state index contributed by atoms with van der Waals surface area (Å²) in [6.45, 7) is 2.66. The van der Waals surface area contributed by atoms with Gasteiger partial charge in [0.05, 0.1) is 16.3 Å². The molecule has 0 aliphatic carbocycles. The lowest BCUT2D eigenvalue weighted by atomic mass is 10.2. The van der Waals surface area contributed by atoms with E-state index >= 15 is 0 Å². The number of nitrogens with one attached hydrogen (secondary N) is 1. The molecule has 6 heteroatoms. The van der Waals surface area contributed by atoms with E-state index in [-0.39, 0.29) is 5.96 Å². The molecular formula is C12H16Cl2N4. The van der Waals surface area contributed by atoms with Gasteiger partial charge in [-0.1, -0.05) is 42.6 Å². The lowest BCUT2D eigenvalue weighted by molar-refractivity contribution is 0.426. The van der Waals surface area contributed by atoms with Gasteiger partial charge in [-0.25, -0.2) is 5.01 Å². The summed E-state index contributed by atoms with van der Waals surface area (Å²) in [6.07, 6.45) is 3.45. The first-order valence-corrected chi connectivity index (χ1v) is 6.41. The second-order valence-electron chi connectivity index (χ2n) is 3.74. The van der Waals surface area contributed by atoms with Crippen molar-refractivity contribution in [3.8, 4) is 0 Å². The number of nitrogens with zero attached hydrogens (tertiary/aromatic N) is 2. The van der Waals surface area contributed by atoms with Gasteiger partial charge in [0.15, 0.2) is 0 Å². The molecule has 18 heavy (non-hydrogen) atoms. The van der Waals surface area contributed by atoms with E-state index in [9.17, 15) is 0 Å². The second kappa shape index (κ2) is 7.24. The molecule has 0 spiro atoms. The van der Waals surface area contributed by atoms with Gasteiger partial charge in [-0.15, -0.1) is 0 Å². The van der Waals surface area contributed by atoms with Crippen molar-refractivity contribution < 1.29 is 0 Å². The molecule has 0 aromatic heterocycles. The molecule has 0 amide bonds. The molecule has 0 heterocycles. The van der Waals surface area contributed by atoms with E-state index in [0.717, 1.165) is 12.8 Å². The summed E-state index contributed by atoms with van der Waals surface area (Å²) in [5.41, 5.74) is 6.08.